The lowest BCUT2D eigenvalue weighted by molar-refractivity contribution is -0.116. The molecule has 0 fully saturated rings. The predicted octanol–water partition coefficient (Wildman–Crippen LogP) is 3.04. The summed E-state index contributed by atoms with van der Waals surface area (Å²) in [6.45, 7) is 4.21. The SMILES string of the molecule is CC(=O)CCNc1ccc(C)c(Cl)c1. The maximum atomic E-state index is 10.7. The number of Topliss-reactive ketones (excluding diaryl/α,β-unsaturated/α-hetero) is 1. The maximum Gasteiger partial charge on any atom is 0.131 e. The van der Waals surface area contributed by atoms with E-state index in [0.717, 1.165) is 16.3 Å². The molecule has 76 valence electrons. The average molecular weight is 212 g/mol. The molecule has 0 bridgehead atoms. The maximum absolute atomic E-state index is 10.7. The first-order valence-electron chi connectivity index (χ1n) is 4.59. The van der Waals surface area contributed by atoms with Gasteiger partial charge in [-0.3, -0.25) is 4.79 Å². The average Bonchev–Trinajstić information content (AvgIpc) is 2.10. The zero-order valence-corrected chi connectivity index (χ0v) is 9.19. The van der Waals surface area contributed by atoms with Crippen molar-refractivity contribution in [2.24, 2.45) is 0 Å². The molecule has 1 rings (SSSR count). The molecular formula is C11H14ClNO. The van der Waals surface area contributed by atoms with Gasteiger partial charge in [0, 0.05) is 23.7 Å². The van der Waals surface area contributed by atoms with Gasteiger partial charge >= 0.3 is 0 Å². The van der Waals surface area contributed by atoms with Crippen LogP contribution in [0.25, 0.3) is 0 Å². The number of ketones is 1. The first-order chi connectivity index (χ1) is 6.59. The third kappa shape index (κ3) is 3.38. The Morgan fingerprint density at radius 1 is 1.50 bits per heavy atom. The van der Waals surface area contributed by atoms with Crippen LogP contribution < -0.4 is 5.32 Å². The molecule has 0 saturated carbocycles. The van der Waals surface area contributed by atoms with Crippen LogP contribution in [0.15, 0.2) is 18.2 Å². The third-order valence-electron chi connectivity index (χ3n) is 1.98. The fraction of sp³-hybridized carbons (Fsp3) is 0.364. The predicted molar refractivity (Wildman–Crippen MR) is 60.0 cm³/mol. The highest BCUT2D eigenvalue weighted by molar-refractivity contribution is 6.31. The molecular weight excluding hydrogens is 198 g/mol. The quantitative estimate of drug-likeness (QED) is 0.830. The summed E-state index contributed by atoms with van der Waals surface area (Å²) < 4.78 is 0. The zero-order valence-electron chi connectivity index (χ0n) is 8.43. The normalized spacial score (nSPS) is 9.93. The Bertz CT molecular complexity index is 336. The Kier molecular flexibility index (Phi) is 3.96. The molecule has 0 unspecified atom stereocenters. The van der Waals surface area contributed by atoms with E-state index in [1.807, 2.05) is 25.1 Å². The van der Waals surface area contributed by atoms with Crippen molar-refractivity contribution in [3.8, 4) is 0 Å². The molecule has 14 heavy (non-hydrogen) atoms. The Labute approximate surface area is 89.3 Å². The second-order valence-corrected chi connectivity index (χ2v) is 3.75. The van der Waals surface area contributed by atoms with Gasteiger partial charge in [0.1, 0.15) is 5.78 Å². The minimum Gasteiger partial charge on any atom is -0.385 e. The molecule has 1 aromatic carbocycles. The topological polar surface area (TPSA) is 29.1 Å². The molecule has 0 aromatic heterocycles. The van der Waals surface area contributed by atoms with E-state index in [2.05, 4.69) is 5.32 Å². The summed E-state index contributed by atoms with van der Waals surface area (Å²) in [6.07, 6.45) is 0.547. The van der Waals surface area contributed by atoms with Crippen LogP contribution in [-0.2, 0) is 4.79 Å². The van der Waals surface area contributed by atoms with Gasteiger partial charge in [0.05, 0.1) is 0 Å². The molecule has 1 N–H and O–H groups in total. The summed E-state index contributed by atoms with van der Waals surface area (Å²) in [5.41, 5.74) is 2.02. The van der Waals surface area contributed by atoms with Crippen LogP contribution in [-0.4, -0.2) is 12.3 Å². The van der Waals surface area contributed by atoms with Gasteiger partial charge in [0.2, 0.25) is 0 Å². The fourth-order valence-corrected chi connectivity index (χ4v) is 1.27. The van der Waals surface area contributed by atoms with E-state index in [1.165, 1.54) is 0 Å². The third-order valence-corrected chi connectivity index (χ3v) is 2.39. The first-order valence-corrected chi connectivity index (χ1v) is 4.97. The lowest BCUT2D eigenvalue weighted by Gasteiger charge is -2.06. The first kappa shape index (κ1) is 11.1. The van der Waals surface area contributed by atoms with Crippen LogP contribution in [0.3, 0.4) is 0 Å². The lowest BCUT2D eigenvalue weighted by Crippen LogP contribution is -2.05. The van der Waals surface area contributed by atoms with E-state index in [1.54, 1.807) is 6.92 Å². The molecule has 0 amide bonds. The Balaban J connectivity index is 2.51. The van der Waals surface area contributed by atoms with Crippen molar-refractivity contribution in [3.63, 3.8) is 0 Å². The number of anilines is 1. The molecule has 0 aliphatic heterocycles. The molecule has 0 saturated heterocycles. The van der Waals surface area contributed by atoms with Crippen LogP contribution in [0.5, 0.6) is 0 Å². The minimum atomic E-state index is 0.190. The van der Waals surface area contributed by atoms with Crippen molar-refractivity contribution < 1.29 is 4.79 Å². The summed E-state index contributed by atoms with van der Waals surface area (Å²) in [4.78, 5) is 10.7. The summed E-state index contributed by atoms with van der Waals surface area (Å²) in [5.74, 6) is 0.190. The van der Waals surface area contributed by atoms with Crippen molar-refractivity contribution in [2.45, 2.75) is 20.3 Å². The van der Waals surface area contributed by atoms with Gasteiger partial charge in [-0.2, -0.15) is 0 Å². The van der Waals surface area contributed by atoms with Crippen LogP contribution >= 0.6 is 11.6 Å². The fourth-order valence-electron chi connectivity index (χ4n) is 1.09. The van der Waals surface area contributed by atoms with E-state index >= 15 is 0 Å². The minimum absolute atomic E-state index is 0.190. The lowest BCUT2D eigenvalue weighted by atomic mass is 10.2. The molecule has 0 spiro atoms. The molecule has 2 nitrogen and oxygen atoms in total. The molecule has 3 heteroatoms. The van der Waals surface area contributed by atoms with Gasteiger partial charge in [0.15, 0.2) is 0 Å². The second kappa shape index (κ2) is 5.01. The van der Waals surface area contributed by atoms with Gasteiger partial charge in [-0.05, 0) is 31.5 Å². The molecule has 0 aliphatic carbocycles. The largest absolute Gasteiger partial charge is 0.385 e. The van der Waals surface area contributed by atoms with Crippen molar-refractivity contribution in [1.82, 2.24) is 0 Å². The van der Waals surface area contributed by atoms with E-state index in [-0.39, 0.29) is 5.78 Å². The highest BCUT2D eigenvalue weighted by Gasteiger charge is 1.97. The smallest absolute Gasteiger partial charge is 0.131 e. The van der Waals surface area contributed by atoms with Crippen molar-refractivity contribution >= 4 is 23.1 Å². The number of hydrogen-bond acceptors (Lipinski definition) is 2. The Morgan fingerprint density at radius 3 is 2.79 bits per heavy atom. The molecule has 0 atom stereocenters. The molecule has 0 heterocycles. The Hall–Kier alpha value is -1.02. The summed E-state index contributed by atoms with van der Waals surface area (Å²) in [6, 6.07) is 5.79. The molecule has 0 radical (unpaired) electrons. The van der Waals surface area contributed by atoms with Gasteiger partial charge in [0.25, 0.3) is 0 Å². The summed E-state index contributed by atoms with van der Waals surface area (Å²) in [5, 5.41) is 3.89. The highest BCUT2D eigenvalue weighted by atomic mass is 35.5. The molecule has 1 aromatic rings. The van der Waals surface area contributed by atoms with Crippen molar-refractivity contribution in [2.75, 3.05) is 11.9 Å². The van der Waals surface area contributed by atoms with Gasteiger partial charge < -0.3 is 5.32 Å². The van der Waals surface area contributed by atoms with Crippen molar-refractivity contribution in [1.29, 1.82) is 0 Å². The van der Waals surface area contributed by atoms with E-state index in [9.17, 15) is 4.79 Å². The van der Waals surface area contributed by atoms with Crippen LogP contribution in [0.4, 0.5) is 5.69 Å². The molecule has 0 aliphatic rings. The van der Waals surface area contributed by atoms with Crippen LogP contribution in [0.2, 0.25) is 5.02 Å². The van der Waals surface area contributed by atoms with E-state index < -0.39 is 0 Å². The highest BCUT2D eigenvalue weighted by Crippen LogP contribution is 2.19. The number of carbonyl (C=O) groups is 1. The number of halogens is 1. The number of rotatable bonds is 4. The number of carbonyl (C=O) groups excluding carboxylic acids is 1. The van der Waals surface area contributed by atoms with Gasteiger partial charge in [-0.15, -0.1) is 0 Å². The van der Waals surface area contributed by atoms with Gasteiger partial charge in [-0.25, -0.2) is 0 Å². The zero-order chi connectivity index (χ0) is 10.6. The van der Waals surface area contributed by atoms with E-state index in [4.69, 9.17) is 11.6 Å². The van der Waals surface area contributed by atoms with Crippen LogP contribution in [0.1, 0.15) is 18.9 Å². The number of hydrogen-bond donors (Lipinski definition) is 1. The number of benzene rings is 1. The number of nitrogens with one attached hydrogen (secondary N) is 1. The summed E-state index contributed by atoms with van der Waals surface area (Å²) in [7, 11) is 0. The standard InChI is InChI=1S/C11H14ClNO/c1-8-3-4-10(7-11(8)12)13-6-5-9(2)14/h3-4,7,13H,5-6H2,1-2H3. The summed E-state index contributed by atoms with van der Waals surface area (Å²) >= 11 is 5.95. The second-order valence-electron chi connectivity index (χ2n) is 3.34. The van der Waals surface area contributed by atoms with Crippen LogP contribution in [0, 0.1) is 6.92 Å². The van der Waals surface area contributed by atoms with Crippen molar-refractivity contribution in [3.05, 3.63) is 28.8 Å². The van der Waals surface area contributed by atoms with E-state index in [0.29, 0.717) is 13.0 Å². The number of aryl methyl sites for hydroxylation is 1. The monoisotopic (exact) mass is 211 g/mol. The Morgan fingerprint density at radius 2 is 2.21 bits per heavy atom. The van der Waals surface area contributed by atoms with Gasteiger partial charge in [-0.1, -0.05) is 17.7 Å².